The van der Waals surface area contributed by atoms with Gasteiger partial charge in [-0.2, -0.15) is 0 Å². The summed E-state index contributed by atoms with van der Waals surface area (Å²) in [7, 11) is 3.22. The van der Waals surface area contributed by atoms with Gasteiger partial charge in [0.25, 0.3) is 0 Å². The summed E-state index contributed by atoms with van der Waals surface area (Å²) in [6.45, 7) is 0.571. The predicted molar refractivity (Wildman–Crippen MR) is 164 cm³/mol. The van der Waals surface area contributed by atoms with Crippen LogP contribution in [0.4, 0.5) is 0 Å². The van der Waals surface area contributed by atoms with Gasteiger partial charge in [0.15, 0.2) is 12.2 Å². The van der Waals surface area contributed by atoms with Gasteiger partial charge in [-0.15, -0.1) is 0 Å². The van der Waals surface area contributed by atoms with Crippen molar-refractivity contribution in [1.82, 2.24) is 0 Å². The van der Waals surface area contributed by atoms with Crippen LogP contribution in [0, 0.1) is 0 Å². The third-order valence-corrected chi connectivity index (χ3v) is 6.89. The van der Waals surface area contributed by atoms with Gasteiger partial charge in [-0.05, 0) is 59.7 Å². The van der Waals surface area contributed by atoms with Crippen LogP contribution >= 0.6 is 0 Å². The second kappa shape index (κ2) is 14.6. The Hall–Kier alpha value is -5.50. The Bertz CT molecular complexity index is 1470. The number of hydrogen-bond acceptors (Lipinski definition) is 8. The van der Waals surface area contributed by atoms with Crippen molar-refractivity contribution in [2.45, 2.75) is 12.2 Å². The van der Waals surface area contributed by atoms with Crippen molar-refractivity contribution >= 4 is 23.5 Å². The molecule has 0 radical (unpaired) electrons. The minimum Gasteiger partial charge on any atom is -0.497 e. The summed E-state index contributed by atoms with van der Waals surface area (Å²) in [6.07, 6.45) is 1.96. The Morgan fingerprint density at radius 2 is 0.886 bits per heavy atom. The highest BCUT2D eigenvalue weighted by atomic mass is 16.6. The lowest BCUT2D eigenvalue weighted by molar-refractivity contribution is -0.144. The maximum Gasteiger partial charge on any atom is 0.335 e. The molecule has 2 aliphatic rings. The molecule has 0 saturated carbocycles. The molecule has 44 heavy (non-hydrogen) atoms. The van der Waals surface area contributed by atoms with E-state index in [1.807, 2.05) is 109 Å². The number of cyclic esters (lactones) is 2. The van der Waals surface area contributed by atoms with Crippen molar-refractivity contribution in [2.24, 2.45) is 0 Å². The Morgan fingerprint density at radius 3 is 1.23 bits per heavy atom. The van der Waals surface area contributed by atoms with Gasteiger partial charge in [-0.1, -0.05) is 60.7 Å². The van der Waals surface area contributed by atoms with Gasteiger partial charge in [-0.25, -0.2) is 9.59 Å². The van der Waals surface area contributed by atoms with Crippen molar-refractivity contribution in [3.63, 3.8) is 0 Å². The van der Waals surface area contributed by atoms with Crippen molar-refractivity contribution < 1.29 is 38.0 Å². The molecule has 0 saturated heterocycles. The second-order valence-corrected chi connectivity index (χ2v) is 9.77. The molecule has 0 N–H and O–H groups in total. The van der Waals surface area contributed by atoms with Crippen molar-refractivity contribution in [3.05, 3.63) is 144 Å². The molecule has 2 aliphatic heterocycles. The van der Waals surface area contributed by atoms with Crippen LogP contribution in [-0.4, -0.2) is 39.4 Å². The van der Waals surface area contributed by atoms with Crippen molar-refractivity contribution in [2.75, 3.05) is 27.4 Å². The van der Waals surface area contributed by atoms with Crippen molar-refractivity contribution in [1.29, 1.82) is 0 Å². The number of carbonyl (C=O) groups is 2. The molecule has 6 rings (SSSR count). The van der Waals surface area contributed by atoms with E-state index in [9.17, 15) is 9.59 Å². The van der Waals surface area contributed by atoms with Crippen LogP contribution in [0.2, 0.25) is 0 Å². The average molecular weight is 593 g/mol. The molecule has 4 aromatic rings. The fourth-order valence-corrected chi connectivity index (χ4v) is 4.55. The lowest BCUT2D eigenvalue weighted by atomic mass is 10.1. The first-order chi connectivity index (χ1) is 21.5. The number of rotatable bonds is 6. The Morgan fingerprint density at radius 1 is 0.523 bits per heavy atom. The fraction of sp³-hybridized carbons (Fsp3) is 0.167. The van der Waals surface area contributed by atoms with Gasteiger partial charge < -0.3 is 28.4 Å². The SMILES string of the molecule is COc1ccc(C2=CC(=O)O[C@H](c3ccccc3)CO2)cc1.COc1ccc(C2=CC(=O)O[C@H](c3ccccc3)CO2)cc1. The summed E-state index contributed by atoms with van der Waals surface area (Å²) in [5.74, 6) is 1.71. The minimum absolute atomic E-state index is 0.285. The highest BCUT2D eigenvalue weighted by Gasteiger charge is 2.23. The zero-order valence-electron chi connectivity index (χ0n) is 24.4. The van der Waals surface area contributed by atoms with E-state index in [1.54, 1.807) is 14.2 Å². The van der Waals surface area contributed by atoms with Crippen LogP contribution < -0.4 is 9.47 Å². The minimum atomic E-state index is -0.405. The summed E-state index contributed by atoms with van der Waals surface area (Å²) < 4.78 is 32.7. The zero-order valence-corrected chi connectivity index (χ0v) is 24.4. The van der Waals surface area contributed by atoms with Crippen molar-refractivity contribution in [3.8, 4) is 11.5 Å². The summed E-state index contributed by atoms with van der Waals surface area (Å²) in [4.78, 5) is 23.9. The van der Waals surface area contributed by atoms with Gasteiger partial charge in [0.1, 0.15) is 36.2 Å². The average Bonchev–Trinajstić information content (AvgIpc) is 3.41. The lowest BCUT2D eigenvalue weighted by Crippen LogP contribution is -2.11. The van der Waals surface area contributed by atoms with E-state index in [0.717, 1.165) is 33.8 Å². The molecular weight excluding hydrogens is 560 g/mol. The van der Waals surface area contributed by atoms with Crippen LogP contribution in [0.5, 0.6) is 11.5 Å². The molecule has 2 heterocycles. The fourth-order valence-electron chi connectivity index (χ4n) is 4.55. The molecule has 224 valence electrons. The molecule has 0 aromatic heterocycles. The van der Waals surface area contributed by atoms with Crippen LogP contribution in [0.25, 0.3) is 11.5 Å². The molecule has 0 aliphatic carbocycles. The number of benzene rings is 4. The van der Waals surface area contributed by atoms with E-state index < -0.39 is 24.1 Å². The lowest BCUT2D eigenvalue weighted by Gasteiger charge is -2.15. The first-order valence-electron chi connectivity index (χ1n) is 14.0. The number of esters is 2. The summed E-state index contributed by atoms with van der Waals surface area (Å²) >= 11 is 0. The van der Waals surface area contributed by atoms with Crippen LogP contribution in [0.15, 0.2) is 121 Å². The molecule has 0 amide bonds. The van der Waals surface area contributed by atoms with Gasteiger partial charge in [0, 0.05) is 11.1 Å². The van der Waals surface area contributed by atoms with Crippen LogP contribution in [0.3, 0.4) is 0 Å². The van der Waals surface area contributed by atoms with Gasteiger partial charge in [-0.3, -0.25) is 0 Å². The smallest absolute Gasteiger partial charge is 0.335 e. The molecule has 8 nitrogen and oxygen atoms in total. The predicted octanol–water partition coefficient (Wildman–Crippen LogP) is 6.70. The molecule has 4 aromatic carbocycles. The van der Waals surface area contributed by atoms with Crippen LogP contribution in [0.1, 0.15) is 34.5 Å². The third-order valence-electron chi connectivity index (χ3n) is 6.89. The summed E-state index contributed by atoms with van der Waals surface area (Å²) in [5, 5.41) is 0. The standard InChI is InChI=1S/2C18H16O4/c2*1-20-15-9-7-14(8-10-15)16-11-18(19)22-17(12-21-16)13-5-3-2-4-6-13/h2*2-11,17H,12H2,1H3/t2*17-/m00/s1. The number of carbonyl (C=O) groups excluding carboxylic acids is 2. The van der Waals surface area contributed by atoms with Gasteiger partial charge >= 0.3 is 11.9 Å². The zero-order chi connectivity index (χ0) is 30.7. The van der Waals surface area contributed by atoms with Crippen LogP contribution in [-0.2, 0) is 28.5 Å². The number of methoxy groups -OCH3 is 2. The van der Waals surface area contributed by atoms with E-state index in [1.165, 1.54) is 12.2 Å². The largest absolute Gasteiger partial charge is 0.497 e. The topological polar surface area (TPSA) is 89.5 Å². The molecule has 0 unspecified atom stereocenters. The Balaban J connectivity index is 0.000000175. The molecule has 2 atom stereocenters. The molecule has 0 bridgehead atoms. The quantitative estimate of drug-likeness (QED) is 0.229. The normalized spacial score (nSPS) is 17.8. The van der Waals surface area contributed by atoms with Gasteiger partial charge in [0.2, 0.25) is 0 Å². The molecule has 0 fully saturated rings. The Kier molecular flexibility index (Phi) is 9.94. The first kappa shape index (κ1) is 30.0. The van der Waals surface area contributed by atoms with E-state index in [0.29, 0.717) is 11.5 Å². The highest BCUT2D eigenvalue weighted by Crippen LogP contribution is 2.28. The van der Waals surface area contributed by atoms with E-state index in [2.05, 4.69) is 0 Å². The molecule has 8 heteroatoms. The van der Waals surface area contributed by atoms with E-state index >= 15 is 0 Å². The second-order valence-electron chi connectivity index (χ2n) is 9.77. The van der Waals surface area contributed by atoms with E-state index in [-0.39, 0.29) is 13.2 Å². The summed E-state index contributed by atoms with van der Waals surface area (Å²) in [6, 6.07) is 33.8. The molecular formula is C36H32O8. The van der Waals surface area contributed by atoms with Gasteiger partial charge in [0.05, 0.1) is 26.4 Å². The first-order valence-corrected chi connectivity index (χ1v) is 14.0. The maximum absolute atomic E-state index is 12.0. The third kappa shape index (κ3) is 7.86. The summed E-state index contributed by atoms with van der Waals surface area (Å²) in [5.41, 5.74) is 3.46. The maximum atomic E-state index is 12.0. The Labute approximate surface area is 256 Å². The highest BCUT2D eigenvalue weighted by molar-refractivity contribution is 5.91. The van der Waals surface area contributed by atoms with E-state index in [4.69, 9.17) is 28.4 Å². The number of ether oxygens (including phenoxy) is 6. The monoisotopic (exact) mass is 592 g/mol. The molecule has 0 spiro atoms. The number of hydrogen-bond donors (Lipinski definition) is 0.